The number of ether oxygens (including phenoxy) is 2. The normalized spacial score (nSPS) is 11.9. The topological polar surface area (TPSA) is 21.7 Å². The summed E-state index contributed by atoms with van der Waals surface area (Å²) >= 11 is 8.06. The van der Waals surface area contributed by atoms with E-state index in [9.17, 15) is 0 Å². The average Bonchev–Trinajstić information content (AvgIpc) is 3.41. The maximum atomic E-state index is 6.30. The molecule has 0 aliphatic carbocycles. The lowest BCUT2D eigenvalue weighted by molar-refractivity contribution is 0.360. The molecule has 0 unspecified atom stereocenters. The number of para-hydroxylation sites is 3. The van der Waals surface area contributed by atoms with Crippen LogP contribution in [0.25, 0.3) is 31.3 Å². The highest BCUT2D eigenvalue weighted by Gasteiger charge is 2.24. The van der Waals surface area contributed by atoms with Gasteiger partial charge in [0.25, 0.3) is 0 Å². The summed E-state index contributed by atoms with van der Waals surface area (Å²) in [4.78, 5) is 2.30. The summed E-state index contributed by atoms with van der Waals surface area (Å²) in [6.45, 7) is 0. The van der Waals surface area contributed by atoms with E-state index in [2.05, 4.69) is 89.8 Å². The zero-order chi connectivity index (χ0) is 27.3. The number of rotatable bonds is 4. The molecule has 0 spiro atoms. The minimum Gasteiger partial charge on any atom is -0.450 e. The van der Waals surface area contributed by atoms with Gasteiger partial charge < -0.3 is 14.4 Å². The van der Waals surface area contributed by atoms with Gasteiger partial charge in [-0.15, -0.1) is 11.3 Å². The van der Waals surface area contributed by atoms with Gasteiger partial charge in [0.15, 0.2) is 23.0 Å². The fourth-order valence-electron chi connectivity index (χ4n) is 5.52. The van der Waals surface area contributed by atoms with Crippen LogP contribution >= 0.6 is 22.9 Å². The fraction of sp³-hybridized carbons (Fsp3) is 0. The molecular formula is C36H22ClNO2S. The first kappa shape index (κ1) is 24.1. The van der Waals surface area contributed by atoms with Crippen LogP contribution in [0.4, 0.5) is 17.1 Å². The molecule has 3 nitrogen and oxygen atoms in total. The molecule has 1 aliphatic heterocycles. The summed E-state index contributed by atoms with van der Waals surface area (Å²) < 4.78 is 14.9. The van der Waals surface area contributed by atoms with E-state index in [-0.39, 0.29) is 0 Å². The lowest BCUT2D eigenvalue weighted by atomic mass is 9.98. The summed E-state index contributed by atoms with van der Waals surface area (Å²) in [7, 11) is 0. The number of anilines is 3. The maximum absolute atomic E-state index is 6.30. The third kappa shape index (κ3) is 4.12. The van der Waals surface area contributed by atoms with Gasteiger partial charge in [0.1, 0.15) is 0 Å². The summed E-state index contributed by atoms with van der Waals surface area (Å²) in [6, 6.07) is 45.5. The van der Waals surface area contributed by atoms with Crippen LogP contribution in [-0.2, 0) is 0 Å². The van der Waals surface area contributed by atoms with Gasteiger partial charge in [-0.3, -0.25) is 0 Å². The Morgan fingerprint density at radius 3 is 2.05 bits per heavy atom. The molecular weight excluding hydrogens is 546 g/mol. The van der Waals surface area contributed by atoms with E-state index in [0.29, 0.717) is 17.2 Å². The second-order valence-corrected chi connectivity index (χ2v) is 11.4. The third-order valence-corrected chi connectivity index (χ3v) is 8.84. The quantitative estimate of drug-likeness (QED) is 0.211. The van der Waals surface area contributed by atoms with E-state index in [4.69, 9.17) is 21.1 Å². The largest absolute Gasteiger partial charge is 0.450 e. The molecule has 0 saturated heterocycles. The van der Waals surface area contributed by atoms with Crippen molar-refractivity contribution in [1.29, 1.82) is 0 Å². The van der Waals surface area contributed by atoms with E-state index in [1.807, 2.05) is 59.9 Å². The number of fused-ring (bicyclic) bond motifs is 5. The van der Waals surface area contributed by atoms with E-state index < -0.39 is 0 Å². The molecule has 0 bridgehead atoms. The van der Waals surface area contributed by atoms with Crippen LogP contribution in [0.15, 0.2) is 133 Å². The van der Waals surface area contributed by atoms with Gasteiger partial charge >= 0.3 is 0 Å². The number of halogens is 1. The van der Waals surface area contributed by atoms with Crippen LogP contribution in [0, 0.1) is 0 Å². The first-order valence-corrected chi connectivity index (χ1v) is 14.6. The molecule has 7 aromatic rings. The van der Waals surface area contributed by atoms with Gasteiger partial charge in [-0.1, -0.05) is 78.3 Å². The van der Waals surface area contributed by atoms with Gasteiger partial charge in [0.05, 0.1) is 16.1 Å². The van der Waals surface area contributed by atoms with Crippen molar-refractivity contribution in [1.82, 2.24) is 0 Å². The van der Waals surface area contributed by atoms with Crippen molar-refractivity contribution in [3.63, 3.8) is 0 Å². The Labute approximate surface area is 246 Å². The van der Waals surface area contributed by atoms with Crippen LogP contribution in [-0.4, -0.2) is 0 Å². The van der Waals surface area contributed by atoms with Crippen molar-refractivity contribution in [2.75, 3.05) is 4.90 Å². The maximum Gasteiger partial charge on any atom is 0.172 e. The standard InChI is InChI=1S/C36H22ClNO2S/c37-24-16-14-23(15-17-24)27-19-20-29(36-35(27)28-10-4-7-13-34(28)41-36)38(25-8-2-1-3-9-25)26-18-21-32-33(22-26)40-31-12-6-5-11-30(31)39-32/h1-22H. The molecule has 1 aromatic heterocycles. The van der Waals surface area contributed by atoms with E-state index in [0.717, 1.165) is 33.4 Å². The second-order valence-electron chi connectivity index (χ2n) is 9.89. The summed E-state index contributed by atoms with van der Waals surface area (Å²) in [5.74, 6) is 2.82. The Bertz CT molecular complexity index is 2070. The van der Waals surface area contributed by atoms with Gasteiger partial charge in [0, 0.05) is 32.2 Å². The van der Waals surface area contributed by atoms with Crippen LogP contribution < -0.4 is 14.4 Å². The summed E-state index contributed by atoms with van der Waals surface area (Å²) in [5.41, 5.74) is 5.46. The van der Waals surface area contributed by atoms with E-state index in [1.54, 1.807) is 0 Å². The number of thiophene rings is 1. The van der Waals surface area contributed by atoms with Gasteiger partial charge in [-0.05, 0) is 71.8 Å². The number of benzene rings is 6. The number of hydrogen-bond acceptors (Lipinski definition) is 4. The predicted octanol–water partition coefficient (Wildman–Crippen LogP) is 11.7. The highest BCUT2D eigenvalue weighted by molar-refractivity contribution is 7.26. The zero-order valence-electron chi connectivity index (χ0n) is 21.8. The molecule has 0 atom stereocenters. The van der Waals surface area contributed by atoms with Crippen LogP contribution in [0.2, 0.25) is 5.02 Å². The SMILES string of the molecule is Clc1ccc(-c2ccc(N(c3ccccc3)c3ccc4c(c3)Oc3ccccc3O4)c3sc4ccccc4c23)cc1. The minimum atomic E-state index is 0.688. The molecule has 0 fully saturated rings. The molecule has 0 N–H and O–H groups in total. The van der Waals surface area contributed by atoms with Crippen LogP contribution in [0.3, 0.4) is 0 Å². The lowest BCUT2D eigenvalue weighted by Gasteiger charge is -2.28. The fourth-order valence-corrected chi connectivity index (χ4v) is 6.88. The smallest absolute Gasteiger partial charge is 0.172 e. The van der Waals surface area contributed by atoms with Crippen molar-refractivity contribution in [3.8, 4) is 34.1 Å². The Morgan fingerprint density at radius 1 is 0.561 bits per heavy atom. The average molecular weight is 568 g/mol. The Morgan fingerprint density at radius 2 is 1.24 bits per heavy atom. The van der Waals surface area contributed by atoms with E-state index >= 15 is 0 Å². The van der Waals surface area contributed by atoms with Crippen LogP contribution in [0.5, 0.6) is 23.0 Å². The van der Waals surface area contributed by atoms with E-state index in [1.165, 1.54) is 25.7 Å². The molecule has 2 heterocycles. The lowest BCUT2D eigenvalue weighted by Crippen LogP contribution is -2.11. The summed E-state index contributed by atoms with van der Waals surface area (Å²) in [6.07, 6.45) is 0. The molecule has 196 valence electrons. The third-order valence-electron chi connectivity index (χ3n) is 7.39. The summed E-state index contributed by atoms with van der Waals surface area (Å²) in [5, 5.41) is 3.21. The zero-order valence-corrected chi connectivity index (χ0v) is 23.3. The van der Waals surface area contributed by atoms with Crippen molar-refractivity contribution >= 4 is 60.2 Å². The van der Waals surface area contributed by atoms with Crippen molar-refractivity contribution in [2.45, 2.75) is 0 Å². The highest BCUT2D eigenvalue weighted by Crippen LogP contribution is 2.51. The molecule has 0 amide bonds. The van der Waals surface area contributed by atoms with Crippen LogP contribution in [0.1, 0.15) is 0 Å². The van der Waals surface area contributed by atoms with Gasteiger partial charge in [-0.25, -0.2) is 0 Å². The van der Waals surface area contributed by atoms with Gasteiger partial charge in [0.2, 0.25) is 0 Å². The number of nitrogens with zero attached hydrogens (tertiary/aromatic N) is 1. The molecule has 0 saturated carbocycles. The molecule has 8 rings (SSSR count). The minimum absolute atomic E-state index is 0.688. The second kappa shape index (κ2) is 9.70. The van der Waals surface area contributed by atoms with Crippen molar-refractivity contribution in [3.05, 3.63) is 138 Å². The monoisotopic (exact) mass is 567 g/mol. The Kier molecular flexibility index (Phi) is 5.69. The number of hydrogen-bond donors (Lipinski definition) is 0. The molecule has 1 aliphatic rings. The molecule has 5 heteroatoms. The Hall–Kier alpha value is -4.77. The van der Waals surface area contributed by atoms with Gasteiger partial charge in [-0.2, -0.15) is 0 Å². The van der Waals surface area contributed by atoms with Crippen molar-refractivity contribution in [2.24, 2.45) is 0 Å². The first-order chi connectivity index (χ1) is 20.2. The molecule has 41 heavy (non-hydrogen) atoms. The van der Waals surface area contributed by atoms with Crippen molar-refractivity contribution < 1.29 is 9.47 Å². The Balaban J connectivity index is 1.36. The molecule has 6 aromatic carbocycles. The highest BCUT2D eigenvalue weighted by atomic mass is 35.5. The first-order valence-electron chi connectivity index (χ1n) is 13.4. The molecule has 0 radical (unpaired) electrons. The predicted molar refractivity (Wildman–Crippen MR) is 171 cm³/mol.